The normalized spacial score (nSPS) is 37.0. The molecule has 1 aliphatic heterocycles. The van der Waals surface area contributed by atoms with Gasteiger partial charge in [-0.1, -0.05) is 48.5 Å². The molecule has 2 aromatic carbocycles. The molecule has 0 radical (unpaired) electrons. The first-order valence-corrected chi connectivity index (χ1v) is 9.60. The van der Waals surface area contributed by atoms with E-state index >= 15 is 0 Å². The maximum Gasteiger partial charge on any atom is 0.229 e. The van der Waals surface area contributed by atoms with Crippen molar-refractivity contribution in [1.82, 2.24) is 4.90 Å². The molecule has 3 aliphatic carbocycles. The summed E-state index contributed by atoms with van der Waals surface area (Å²) in [5, 5.41) is 11.4. The number of amides is 1. The number of nitrogens with zero attached hydrogens (tertiary/aromatic N) is 1. The van der Waals surface area contributed by atoms with E-state index in [1.165, 1.54) is 22.3 Å². The van der Waals surface area contributed by atoms with E-state index in [9.17, 15) is 9.90 Å². The van der Waals surface area contributed by atoms with Crippen LogP contribution in [0.2, 0.25) is 0 Å². The Morgan fingerprint density at radius 3 is 2.11 bits per heavy atom. The highest BCUT2D eigenvalue weighted by Gasteiger charge is 2.71. The molecule has 1 saturated heterocycles. The van der Waals surface area contributed by atoms with Gasteiger partial charge in [0.2, 0.25) is 5.91 Å². The summed E-state index contributed by atoms with van der Waals surface area (Å²) in [6.07, 6.45) is -0.209. The van der Waals surface area contributed by atoms with Gasteiger partial charge in [-0.2, -0.15) is 0 Å². The molecule has 1 N–H and O–H groups in total. The van der Waals surface area contributed by atoms with Crippen LogP contribution in [0, 0.1) is 11.8 Å². The van der Waals surface area contributed by atoms with Crippen LogP contribution in [0.15, 0.2) is 48.5 Å². The summed E-state index contributed by atoms with van der Waals surface area (Å²) in [5.41, 5.74) is 2.96. The molecule has 0 aromatic heterocycles. The minimum Gasteiger partial charge on any atom is -0.380 e. The molecule has 6 rings (SSSR count). The monoisotopic (exact) mass is 363 g/mol. The molecule has 0 saturated carbocycles. The highest BCUT2D eigenvalue weighted by atomic mass is 16.5. The number of hydrogen-bond donors (Lipinski definition) is 1. The zero-order valence-corrected chi connectivity index (χ0v) is 16.1. The lowest BCUT2D eigenvalue weighted by Crippen LogP contribution is -2.60. The first-order valence-electron chi connectivity index (χ1n) is 9.60. The minimum absolute atomic E-state index is 0.00256. The van der Waals surface area contributed by atoms with Crippen molar-refractivity contribution in [3.05, 3.63) is 70.8 Å². The zero-order chi connectivity index (χ0) is 19.1. The lowest BCUT2D eigenvalue weighted by Gasteiger charge is -2.58. The van der Waals surface area contributed by atoms with Gasteiger partial charge in [-0.05, 0) is 36.1 Å². The maximum atomic E-state index is 13.5. The molecule has 4 aliphatic rings. The van der Waals surface area contributed by atoms with Crippen molar-refractivity contribution in [2.75, 3.05) is 14.2 Å². The van der Waals surface area contributed by atoms with Crippen LogP contribution in [-0.2, 0) is 14.9 Å². The van der Waals surface area contributed by atoms with Crippen LogP contribution in [0.1, 0.15) is 42.0 Å². The maximum absolute atomic E-state index is 13.5. The van der Waals surface area contributed by atoms with E-state index in [1.54, 1.807) is 26.0 Å². The fourth-order valence-corrected chi connectivity index (χ4v) is 6.31. The quantitative estimate of drug-likeness (QED) is 0.893. The molecule has 27 heavy (non-hydrogen) atoms. The summed E-state index contributed by atoms with van der Waals surface area (Å²) < 4.78 is 5.93. The van der Waals surface area contributed by atoms with Crippen LogP contribution in [-0.4, -0.2) is 41.9 Å². The Balaban J connectivity index is 1.95. The lowest BCUT2D eigenvalue weighted by molar-refractivity contribution is -0.142. The fourth-order valence-electron chi connectivity index (χ4n) is 6.31. The molecule has 1 heterocycles. The highest BCUT2D eigenvalue weighted by Crippen LogP contribution is 2.67. The van der Waals surface area contributed by atoms with Crippen molar-refractivity contribution in [3.63, 3.8) is 0 Å². The number of carbonyl (C=O) groups excluding carboxylic acids is 1. The number of benzene rings is 2. The Hall–Kier alpha value is -2.17. The van der Waals surface area contributed by atoms with Crippen LogP contribution in [0.4, 0.5) is 0 Å². The molecule has 0 unspecified atom stereocenters. The first-order chi connectivity index (χ1) is 12.9. The number of aliphatic hydroxyl groups is 1. The molecule has 140 valence electrons. The topological polar surface area (TPSA) is 49.8 Å². The molecule has 4 atom stereocenters. The second-order valence-electron chi connectivity index (χ2n) is 8.39. The van der Waals surface area contributed by atoms with Gasteiger partial charge in [0, 0.05) is 26.0 Å². The van der Waals surface area contributed by atoms with Gasteiger partial charge >= 0.3 is 0 Å². The van der Waals surface area contributed by atoms with E-state index in [2.05, 4.69) is 43.3 Å². The van der Waals surface area contributed by atoms with Gasteiger partial charge in [-0.25, -0.2) is 0 Å². The van der Waals surface area contributed by atoms with Gasteiger partial charge in [0.25, 0.3) is 0 Å². The molecule has 1 amide bonds. The third-order valence-corrected chi connectivity index (χ3v) is 7.59. The van der Waals surface area contributed by atoms with Gasteiger partial charge < -0.3 is 14.7 Å². The summed E-state index contributed by atoms with van der Waals surface area (Å²) in [6, 6.07) is 16.8. The zero-order valence-electron chi connectivity index (χ0n) is 16.1. The first kappa shape index (κ1) is 17.0. The van der Waals surface area contributed by atoms with Crippen LogP contribution in [0.5, 0.6) is 0 Å². The molecule has 0 spiro atoms. The van der Waals surface area contributed by atoms with Crippen LogP contribution >= 0.6 is 0 Å². The summed E-state index contributed by atoms with van der Waals surface area (Å²) in [5.74, 6) is -0.556. The summed E-state index contributed by atoms with van der Waals surface area (Å²) >= 11 is 0. The van der Waals surface area contributed by atoms with Crippen molar-refractivity contribution < 1.29 is 14.6 Å². The molecule has 2 aromatic rings. The molecule has 4 nitrogen and oxygen atoms in total. The summed E-state index contributed by atoms with van der Waals surface area (Å²) in [7, 11) is 3.43. The van der Waals surface area contributed by atoms with Crippen molar-refractivity contribution in [2.24, 2.45) is 11.8 Å². The number of ether oxygens (including phenoxy) is 1. The lowest BCUT2D eigenvalue weighted by atomic mass is 9.45. The van der Waals surface area contributed by atoms with Crippen molar-refractivity contribution >= 4 is 5.91 Å². The van der Waals surface area contributed by atoms with Gasteiger partial charge in [0.15, 0.2) is 0 Å². The third-order valence-electron chi connectivity index (χ3n) is 7.59. The largest absolute Gasteiger partial charge is 0.380 e. The fraction of sp³-hybridized carbons (Fsp3) is 0.435. The summed E-state index contributed by atoms with van der Waals surface area (Å²) in [4.78, 5) is 15.0. The van der Waals surface area contributed by atoms with Crippen LogP contribution in [0.25, 0.3) is 0 Å². The summed E-state index contributed by atoms with van der Waals surface area (Å²) in [6.45, 7) is 3.84. The molecule has 2 bridgehead atoms. The Morgan fingerprint density at radius 2 is 1.59 bits per heavy atom. The predicted molar refractivity (Wildman–Crippen MR) is 102 cm³/mol. The van der Waals surface area contributed by atoms with Crippen molar-refractivity contribution in [3.8, 4) is 0 Å². The number of likely N-dealkylation sites (tertiary alicyclic amines) is 1. The Kier molecular flexibility index (Phi) is 3.27. The van der Waals surface area contributed by atoms with E-state index in [1.807, 2.05) is 12.1 Å². The molecule has 4 heteroatoms. The van der Waals surface area contributed by atoms with E-state index < -0.39 is 11.1 Å². The smallest absolute Gasteiger partial charge is 0.229 e. The average Bonchev–Trinajstić information content (AvgIpc) is 2.88. The van der Waals surface area contributed by atoms with E-state index in [0.717, 1.165) is 0 Å². The molecule has 1 fully saturated rings. The van der Waals surface area contributed by atoms with Gasteiger partial charge in [-0.15, -0.1) is 0 Å². The number of hydrogen-bond acceptors (Lipinski definition) is 3. The number of methoxy groups -OCH3 is 1. The SMILES string of the molecule is CO[C@@H](C)C12c3ccccc3C(c3ccccc31)[C@H]1[C@@H]2C(=O)N(C)[C@@]1(C)O. The van der Waals surface area contributed by atoms with Gasteiger partial charge in [0.1, 0.15) is 5.72 Å². The second kappa shape index (κ2) is 5.21. The second-order valence-corrected chi connectivity index (χ2v) is 8.39. The molecular weight excluding hydrogens is 338 g/mol. The van der Waals surface area contributed by atoms with Crippen molar-refractivity contribution in [1.29, 1.82) is 0 Å². The predicted octanol–water partition coefficient (Wildman–Crippen LogP) is 2.88. The standard InChI is InChI=1S/C23H25NO3/c1-13(27-4)23-16-11-7-5-9-14(16)18(15-10-6-8-12-17(15)23)19-20(23)21(25)24(3)22(19,2)26/h5-13,18-20,26H,1-4H3/t13-,18?,19-,20+,22-,23?/m0/s1. The highest BCUT2D eigenvalue weighted by molar-refractivity contribution is 5.88. The van der Waals surface area contributed by atoms with E-state index in [0.29, 0.717) is 0 Å². The number of rotatable bonds is 2. The number of carbonyl (C=O) groups is 1. The minimum atomic E-state index is -1.20. The van der Waals surface area contributed by atoms with E-state index in [4.69, 9.17) is 4.74 Å². The van der Waals surface area contributed by atoms with E-state index in [-0.39, 0.29) is 29.8 Å². The van der Waals surface area contributed by atoms with Crippen LogP contribution in [0.3, 0.4) is 0 Å². The molecular formula is C23H25NO3. The third kappa shape index (κ3) is 1.70. The van der Waals surface area contributed by atoms with Gasteiger partial charge in [-0.3, -0.25) is 4.79 Å². The van der Waals surface area contributed by atoms with Gasteiger partial charge in [0.05, 0.1) is 17.4 Å². The van der Waals surface area contributed by atoms with Crippen LogP contribution < -0.4 is 0 Å². The average molecular weight is 363 g/mol. The van der Waals surface area contributed by atoms with Crippen molar-refractivity contribution in [2.45, 2.75) is 37.0 Å². The Bertz CT molecular complexity index is 903. The Labute approximate surface area is 159 Å². The Morgan fingerprint density at radius 1 is 1.07 bits per heavy atom.